The average Bonchev–Trinajstić information content (AvgIpc) is 2.74. The monoisotopic (exact) mass is 365 g/mol. The fourth-order valence-corrected chi connectivity index (χ4v) is 4.04. The molecule has 4 rings (SSSR count). The summed E-state index contributed by atoms with van der Waals surface area (Å²) >= 11 is 0. The van der Waals surface area contributed by atoms with Gasteiger partial charge in [0.2, 0.25) is 5.91 Å². The maximum absolute atomic E-state index is 12.8. The summed E-state index contributed by atoms with van der Waals surface area (Å²) in [6.45, 7) is 5.71. The number of hydrogen-bond acceptors (Lipinski definition) is 4. The summed E-state index contributed by atoms with van der Waals surface area (Å²) in [4.78, 5) is 19.4. The zero-order valence-electron chi connectivity index (χ0n) is 15.9. The van der Waals surface area contributed by atoms with Crippen molar-refractivity contribution < 1.29 is 9.53 Å². The molecule has 0 N–H and O–H groups in total. The smallest absolute Gasteiger partial charge is 0.237 e. The van der Waals surface area contributed by atoms with Gasteiger partial charge in [-0.2, -0.15) is 0 Å². The quantitative estimate of drug-likeness (QED) is 0.834. The lowest BCUT2D eigenvalue weighted by Crippen LogP contribution is -2.50. The van der Waals surface area contributed by atoms with Crippen molar-refractivity contribution in [2.24, 2.45) is 0 Å². The fraction of sp³-hybridized carbons (Fsp3) is 0.409. The van der Waals surface area contributed by atoms with Gasteiger partial charge in [0.15, 0.2) is 0 Å². The Hall–Kier alpha value is -2.53. The van der Waals surface area contributed by atoms with Gasteiger partial charge in [-0.15, -0.1) is 0 Å². The number of amides is 1. The fourth-order valence-electron chi connectivity index (χ4n) is 4.04. The van der Waals surface area contributed by atoms with Crippen LogP contribution in [0.3, 0.4) is 0 Å². The van der Waals surface area contributed by atoms with Crippen molar-refractivity contribution in [1.29, 1.82) is 0 Å². The molecular formula is C22H27N3O2. The van der Waals surface area contributed by atoms with E-state index in [1.54, 1.807) is 7.11 Å². The van der Waals surface area contributed by atoms with Crippen molar-refractivity contribution in [3.05, 3.63) is 59.7 Å². The van der Waals surface area contributed by atoms with Gasteiger partial charge >= 0.3 is 0 Å². The lowest BCUT2D eigenvalue weighted by molar-refractivity contribution is -0.133. The number of fused-ring (bicyclic) bond motifs is 1. The number of anilines is 1. The highest BCUT2D eigenvalue weighted by molar-refractivity contribution is 5.78. The predicted octanol–water partition coefficient (Wildman–Crippen LogP) is 2.40. The summed E-state index contributed by atoms with van der Waals surface area (Å²) in [6.07, 6.45) is 0.962. The van der Waals surface area contributed by atoms with E-state index in [2.05, 4.69) is 40.1 Å². The average molecular weight is 365 g/mol. The van der Waals surface area contributed by atoms with E-state index in [1.165, 1.54) is 11.1 Å². The van der Waals surface area contributed by atoms with E-state index in [1.807, 2.05) is 23.1 Å². The Morgan fingerprint density at radius 3 is 2.41 bits per heavy atom. The van der Waals surface area contributed by atoms with Gasteiger partial charge in [-0.05, 0) is 29.7 Å². The SMILES string of the molecule is COc1ccccc1N1CCN(CC(=O)N2CCc3ccccc3C2)CC1. The number of piperazine rings is 1. The number of para-hydroxylation sites is 2. The van der Waals surface area contributed by atoms with E-state index in [0.717, 1.165) is 57.1 Å². The van der Waals surface area contributed by atoms with Gasteiger partial charge in [-0.1, -0.05) is 36.4 Å². The molecule has 2 heterocycles. The van der Waals surface area contributed by atoms with Gasteiger partial charge in [0.1, 0.15) is 5.75 Å². The Kier molecular flexibility index (Phi) is 5.30. The number of hydrogen-bond donors (Lipinski definition) is 0. The number of nitrogens with zero attached hydrogens (tertiary/aromatic N) is 3. The second kappa shape index (κ2) is 8.01. The lowest BCUT2D eigenvalue weighted by Gasteiger charge is -2.37. The second-order valence-electron chi connectivity index (χ2n) is 7.27. The van der Waals surface area contributed by atoms with Gasteiger partial charge < -0.3 is 14.5 Å². The van der Waals surface area contributed by atoms with Crippen molar-refractivity contribution in [1.82, 2.24) is 9.80 Å². The van der Waals surface area contributed by atoms with Crippen molar-refractivity contribution in [3.63, 3.8) is 0 Å². The number of carbonyl (C=O) groups excluding carboxylic acids is 1. The minimum Gasteiger partial charge on any atom is -0.495 e. The van der Waals surface area contributed by atoms with E-state index in [4.69, 9.17) is 4.74 Å². The van der Waals surface area contributed by atoms with E-state index in [-0.39, 0.29) is 5.91 Å². The minimum atomic E-state index is 0.246. The van der Waals surface area contributed by atoms with Crippen LogP contribution in [0.2, 0.25) is 0 Å². The topological polar surface area (TPSA) is 36.0 Å². The molecule has 0 unspecified atom stereocenters. The number of methoxy groups -OCH3 is 1. The minimum absolute atomic E-state index is 0.246. The molecule has 27 heavy (non-hydrogen) atoms. The van der Waals surface area contributed by atoms with Gasteiger partial charge in [-0.25, -0.2) is 0 Å². The molecule has 5 heteroatoms. The lowest BCUT2D eigenvalue weighted by atomic mass is 10.00. The maximum Gasteiger partial charge on any atom is 0.237 e. The van der Waals surface area contributed by atoms with Crippen LogP contribution in [-0.4, -0.2) is 62.1 Å². The van der Waals surface area contributed by atoms with Crippen molar-refractivity contribution >= 4 is 11.6 Å². The van der Waals surface area contributed by atoms with Crippen molar-refractivity contribution in [2.75, 3.05) is 51.3 Å². The van der Waals surface area contributed by atoms with E-state index in [9.17, 15) is 4.79 Å². The van der Waals surface area contributed by atoms with Crippen LogP contribution >= 0.6 is 0 Å². The highest BCUT2D eigenvalue weighted by Crippen LogP contribution is 2.28. The molecule has 142 valence electrons. The highest BCUT2D eigenvalue weighted by Gasteiger charge is 2.25. The largest absolute Gasteiger partial charge is 0.495 e. The third-order valence-electron chi connectivity index (χ3n) is 5.64. The Labute approximate surface area is 161 Å². The molecule has 1 fully saturated rings. The molecule has 0 aromatic heterocycles. The van der Waals surface area contributed by atoms with Gasteiger partial charge in [-0.3, -0.25) is 9.69 Å². The molecule has 0 spiro atoms. The van der Waals surface area contributed by atoms with Gasteiger partial charge in [0, 0.05) is 39.3 Å². The molecule has 2 aliphatic rings. The Balaban J connectivity index is 1.31. The van der Waals surface area contributed by atoms with Crippen LogP contribution in [0.1, 0.15) is 11.1 Å². The molecule has 2 aromatic carbocycles. The number of benzene rings is 2. The summed E-state index contributed by atoms with van der Waals surface area (Å²) in [5, 5.41) is 0. The molecule has 0 saturated carbocycles. The first-order valence-electron chi connectivity index (χ1n) is 9.69. The number of ether oxygens (including phenoxy) is 1. The van der Waals surface area contributed by atoms with E-state index in [0.29, 0.717) is 6.54 Å². The molecule has 1 amide bonds. The summed E-state index contributed by atoms with van der Waals surface area (Å²) in [7, 11) is 1.71. The van der Waals surface area contributed by atoms with Crippen LogP contribution in [0, 0.1) is 0 Å². The predicted molar refractivity (Wildman–Crippen MR) is 107 cm³/mol. The molecule has 2 aliphatic heterocycles. The molecule has 0 bridgehead atoms. The van der Waals surface area contributed by atoms with Gasteiger partial charge in [0.05, 0.1) is 19.3 Å². The molecule has 0 aliphatic carbocycles. The van der Waals surface area contributed by atoms with Crippen LogP contribution < -0.4 is 9.64 Å². The molecular weight excluding hydrogens is 338 g/mol. The summed E-state index contributed by atoms with van der Waals surface area (Å²) in [5.74, 6) is 1.16. The maximum atomic E-state index is 12.8. The molecule has 1 saturated heterocycles. The third-order valence-corrected chi connectivity index (χ3v) is 5.64. The van der Waals surface area contributed by atoms with Crippen molar-refractivity contribution in [2.45, 2.75) is 13.0 Å². The van der Waals surface area contributed by atoms with E-state index < -0.39 is 0 Å². The van der Waals surface area contributed by atoms with Crippen LogP contribution in [-0.2, 0) is 17.8 Å². The standard InChI is InChI=1S/C22H27N3O2/c1-27-21-9-5-4-8-20(21)24-14-12-23(13-15-24)17-22(26)25-11-10-18-6-2-3-7-19(18)16-25/h2-9H,10-17H2,1H3. The summed E-state index contributed by atoms with van der Waals surface area (Å²) < 4.78 is 5.48. The van der Waals surface area contributed by atoms with Crippen molar-refractivity contribution in [3.8, 4) is 5.75 Å². The first-order chi connectivity index (χ1) is 13.2. The molecule has 2 aromatic rings. The van der Waals surface area contributed by atoms with Crippen LogP contribution in [0.25, 0.3) is 0 Å². The molecule has 5 nitrogen and oxygen atoms in total. The first-order valence-corrected chi connectivity index (χ1v) is 9.69. The van der Waals surface area contributed by atoms with Crippen LogP contribution in [0.4, 0.5) is 5.69 Å². The third kappa shape index (κ3) is 3.93. The Morgan fingerprint density at radius 2 is 1.63 bits per heavy atom. The zero-order valence-corrected chi connectivity index (χ0v) is 15.9. The number of rotatable bonds is 4. The van der Waals surface area contributed by atoms with E-state index >= 15 is 0 Å². The molecule has 0 radical (unpaired) electrons. The van der Waals surface area contributed by atoms with Gasteiger partial charge in [0.25, 0.3) is 0 Å². The van der Waals surface area contributed by atoms with Crippen LogP contribution in [0.15, 0.2) is 48.5 Å². The zero-order chi connectivity index (χ0) is 18.6. The number of carbonyl (C=O) groups is 1. The summed E-state index contributed by atoms with van der Waals surface area (Å²) in [5.41, 5.74) is 3.81. The summed E-state index contributed by atoms with van der Waals surface area (Å²) in [6, 6.07) is 16.6. The Morgan fingerprint density at radius 1 is 0.926 bits per heavy atom. The second-order valence-corrected chi connectivity index (χ2v) is 7.27. The Bertz CT molecular complexity index is 800. The first kappa shape index (κ1) is 17.9. The highest BCUT2D eigenvalue weighted by atomic mass is 16.5. The normalized spacial score (nSPS) is 17.5. The van der Waals surface area contributed by atoms with Crippen LogP contribution in [0.5, 0.6) is 5.75 Å². The molecule has 0 atom stereocenters.